The van der Waals surface area contributed by atoms with Gasteiger partial charge in [0.25, 0.3) is 0 Å². The molecule has 2 aliphatic rings. The summed E-state index contributed by atoms with van der Waals surface area (Å²) < 4.78 is 5.14. The summed E-state index contributed by atoms with van der Waals surface area (Å²) >= 11 is 0. The van der Waals surface area contributed by atoms with E-state index in [1.165, 1.54) is 6.42 Å². The van der Waals surface area contributed by atoms with Crippen molar-refractivity contribution in [3.8, 4) is 0 Å². The molecule has 5 heteroatoms. The topological polar surface area (TPSA) is 58.8 Å². The maximum absolute atomic E-state index is 12.0. The van der Waals surface area contributed by atoms with Gasteiger partial charge in [-0.3, -0.25) is 9.69 Å². The van der Waals surface area contributed by atoms with Crippen LogP contribution in [0, 0.1) is 0 Å². The summed E-state index contributed by atoms with van der Waals surface area (Å²) in [4.78, 5) is 17.0. The molecular weight excluding hydrogens is 254 g/mol. The number of likely N-dealkylation sites (N-methyl/N-ethyl adjacent to an activating group) is 1. The molecule has 1 saturated carbocycles. The van der Waals surface area contributed by atoms with Crippen LogP contribution in [0.25, 0.3) is 0 Å². The number of nitrogens with two attached hydrogens (primary N) is 1. The molecule has 1 heterocycles. The van der Waals surface area contributed by atoms with Crippen molar-refractivity contribution >= 4 is 5.97 Å². The van der Waals surface area contributed by atoms with Crippen LogP contribution < -0.4 is 5.73 Å². The summed E-state index contributed by atoms with van der Waals surface area (Å²) in [6, 6.07) is 0.947. The van der Waals surface area contributed by atoms with Crippen molar-refractivity contribution < 1.29 is 9.53 Å². The first kappa shape index (κ1) is 15.7. The van der Waals surface area contributed by atoms with Gasteiger partial charge in [-0.15, -0.1) is 0 Å². The Balaban J connectivity index is 1.99. The van der Waals surface area contributed by atoms with Crippen LogP contribution in [-0.4, -0.2) is 66.7 Å². The second-order valence-corrected chi connectivity index (χ2v) is 6.48. The Morgan fingerprint density at radius 2 is 2.20 bits per heavy atom. The van der Waals surface area contributed by atoms with Crippen LogP contribution in [0.5, 0.6) is 0 Å². The third-order valence-electron chi connectivity index (χ3n) is 4.77. The van der Waals surface area contributed by atoms with Gasteiger partial charge in [-0.05, 0) is 59.7 Å². The van der Waals surface area contributed by atoms with E-state index in [1.807, 2.05) is 6.92 Å². The average molecular weight is 283 g/mol. The van der Waals surface area contributed by atoms with Crippen molar-refractivity contribution in [1.29, 1.82) is 0 Å². The molecule has 2 rings (SSSR count). The van der Waals surface area contributed by atoms with Gasteiger partial charge in [0, 0.05) is 18.6 Å². The Hall–Kier alpha value is -0.650. The molecule has 3 atom stereocenters. The molecule has 1 aliphatic heterocycles. The summed E-state index contributed by atoms with van der Waals surface area (Å²) in [5.41, 5.74) is 5.52. The molecule has 0 aromatic heterocycles. The van der Waals surface area contributed by atoms with Gasteiger partial charge in [0.2, 0.25) is 0 Å². The number of esters is 1. The van der Waals surface area contributed by atoms with Gasteiger partial charge in [0.1, 0.15) is 5.54 Å². The number of nitrogens with zero attached hydrogens (tertiary/aromatic N) is 2. The molecule has 116 valence electrons. The van der Waals surface area contributed by atoms with Crippen molar-refractivity contribution in [2.75, 3.05) is 33.3 Å². The molecule has 2 fully saturated rings. The molecule has 1 aliphatic carbocycles. The van der Waals surface area contributed by atoms with Gasteiger partial charge < -0.3 is 15.4 Å². The fraction of sp³-hybridized carbons (Fsp3) is 0.933. The van der Waals surface area contributed by atoms with Gasteiger partial charge in [0.05, 0.1) is 6.61 Å². The van der Waals surface area contributed by atoms with Crippen LogP contribution in [0.1, 0.15) is 39.5 Å². The lowest BCUT2D eigenvalue weighted by Gasteiger charge is -2.34. The van der Waals surface area contributed by atoms with Crippen LogP contribution >= 0.6 is 0 Å². The predicted octanol–water partition coefficient (Wildman–Crippen LogP) is 0.826. The van der Waals surface area contributed by atoms with Crippen molar-refractivity contribution in [2.24, 2.45) is 5.73 Å². The number of carbonyl (C=O) groups excluding carboxylic acids is 1. The fourth-order valence-electron chi connectivity index (χ4n) is 3.73. The SMILES string of the molecule is CCOC(=O)C1(N)CCC(N2CCCN(C)CC2C)C1. The van der Waals surface area contributed by atoms with E-state index in [2.05, 4.69) is 23.8 Å². The van der Waals surface area contributed by atoms with Crippen molar-refractivity contribution in [1.82, 2.24) is 9.80 Å². The van der Waals surface area contributed by atoms with Gasteiger partial charge in [-0.1, -0.05) is 0 Å². The van der Waals surface area contributed by atoms with Gasteiger partial charge >= 0.3 is 5.97 Å². The first-order valence-electron chi connectivity index (χ1n) is 7.86. The Morgan fingerprint density at radius 3 is 2.90 bits per heavy atom. The highest BCUT2D eigenvalue weighted by Crippen LogP contribution is 2.33. The normalized spacial score (nSPS) is 36.8. The third kappa shape index (κ3) is 3.32. The number of hydrogen-bond acceptors (Lipinski definition) is 5. The molecule has 2 N–H and O–H groups in total. The molecule has 0 bridgehead atoms. The Bertz CT molecular complexity index is 350. The van der Waals surface area contributed by atoms with Crippen molar-refractivity contribution in [2.45, 2.75) is 57.2 Å². The lowest BCUT2D eigenvalue weighted by molar-refractivity contribution is -0.149. The van der Waals surface area contributed by atoms with E-state index in [0.29, 0.717) is 18.7 Å². The van der Waals surface area contributed by atoms with Crippen LogP contribution in [0.15, 0.2) is 0 Å². The molecule has 3 unspecified atom stereocenters. The van der Waals surface area contributed by atoms with E-state index in [1.54, 1.807) is 0 Å². The minimum Gasteiger partial charge on any atom is -0.465 e. The zero-order chi connectivity index (χ0) is 14.8. The zero-order valence-corrected chi connectivity index (χ0v) is 13.1. The highest BCUT2D eigenvalue weighted by molar-refractivity contribution is 5.81. The number of ether oxygens (including phenoxy) is 1. The van der Waals surface area contributed by atoms with Gasteiger partial charge in [-0.2, -0.15) is 0 Å². The van der Waals surface area contributed by atoms with E-state index in [4.69, 9.17) is 10.5 Å². The monoisotopic (exact) mass is 283 g/mol. The third-order valence-corrected chi connectivity index (χ3v) is 4.77. The molecule has 5 nitrogen and oxygen atoms in total. The second kappa shape index (κ2) is 6.41. The first-order chi connectivity index (χ1) is 9.46. The van der Waals surface area contributed by atoms with Gasteiger partial charge in [-0.25, -0.2) is 0 Å². The fourth-order valence-corrected chi connectivity index (χ4v) is 3.73. The molecule has 0 spiro atoms. The predicted molar refractivity (Wildman–Crippen MR) is 79.5 cm³/mol. The van der Waals surface area contributed by atoms with Crippen LogP contribution in [-0.2, 0) is 9.53 Å². The van der Waals surface area contributed by atoms with E-state index in [-0.39, 0.29) is 5.97 Å². The molecule has 20 heavy (non-hydrogen) atoms. The molecule has 0 aromatic carbocycles. The Labute approximate surface area is 122 Å². The first-order valence-corrected chi connectivity index (χ1v) is 7.86. The number of carbonyl (C=O) groups is 1. The van der Waals surface area contributed by atoms with Gasteiger partial charge in [0.15, 0.2) is 0 Å². The smallest absolute Gasteiger partial charge is 0.326 e. The standard InChI is InChI=1S/C15H29N3O2/c1-4-20-14(19)15(16)7-6-13(10-15)18-9-5-8-17(3)11-12(18)2/h12-13H,4-11,16H2,1-3H3. The maximum Gasteiger partial charge on any atom is 0.326 e. The van der Waals surface area contributed by atoms with Crippen molar-refractivity contribution in [3.05, 3.63) is 0 Å². The molecule has 0 radical (unpaired) electrons. The summed E-state index contributed by atoms with van der Waals surface area (Å²) in [5.74, 6) is -0.220. The van der Waals surface area contributed by atoms with Crippen LogP contribution in [0.2, 0.25) is 0 Å². The lowest BCUT2D eigenvalue weighted by atomic mass is 9.98. The molecular formula is C15H29N3O2. The largest absolute Gasteiger partial charge is 0.465 e. The van der Waals surface area contributed by atoms with E-state index in [9.17, 15) is 4.79 Å². The molecule has 1 saturated heterocycles. The number of rotatable bonds is 3. The van der Waals surface area contributed by atoms with E-state index in [0.717, 1.165) is 38.9 Å². The van der Waals surface area contributed by atoms with Crippen molar-refractivity contribution in [3.63, 3.8) is 0 Å². The highest BCUT2D eigenvalue weighted by atomic mass is 16.5. The average Bonchev–Trinajstić information content (AvgIpc) is 2.70. The Kier molecular flexibility index (Phi) is 5.04. The zero-order valence-electron chi connectivity index (χ0n) is 13.1. The summed E-state index contributed by atoms with van der Waals surface area (Å²) in [7, 11) is 2.18. The minimum atomic E-state index is -0.765. The number of hydrogen-bond donors (Lipinski definition) is 1. The summed E-state index contributed by atoms with van der Waals surface area (Å²) in [6.45, 7) is 7.87. The molecule has 0 amide bonds. The molecule has 0 aromatic rings. The maximum atomic E-state index is 12.0. The van der Waals surface area contributed by atoms with Crippen LogP contribution in [0.3, 0.4) is 0 Å². The summed E-state index contributed by atoms with van der Waals surface area (Å²) in [5, 5.41) is 0. The van der Waals surface area contributed by atoms with E-state index >= 15 is 0 Å². The highest BCUT2D eigenvalue weighted by Gasteiger charge is 2.45. The van der Waals surface area contributed by atoms with Crippen LogP contribution in [0.4, 0.5) is 0 Å². The summed E-state index contributed by atoms with van der Waals surface area (Å²) in [6.07, 6.45) is 3.67. The Morgan fingerprint density at radius 1 is 1.45 bits per heavy atom. The van der Waals surface area contributed by atoms with E-state index < -0.39 is 5.54 Å². The minimum absolute atomic E-state index is 0.220. The second-order valence-electron chi connectivity index (χ2n) is 6.48. The quantitative estimate of drug-likeness (QED) is 0.777. The lowest BCUT2D eigenvalue weighted by Crippen LogP contribution is -2.50.